The van der Waals surface area contributed by atoms with Crippen molar-refractivity contribution in [3.05, 3.63) is 18.0 Å². The molecule has 0 fully saturated rings. The Kier molecular flexibility index (Phi) is 7.94. The molecule has 0 aliphatic carbocycles. The van der Waals surface area contributed by atoms with Gasteiger partial charge in [-0.3, -0.25) is 9.67 Å². The van der Waals surface area contributed by atoms with E-state index in [1.807, 2.05) is 24.0 Å². The first-order chi connectivity index (χ1) is 7.58. The highest BCUT2D eigenvalue weighted by molar-refractivity contribution is 14.0. The molecule has 98 valence electrons. The molecule has 17 heavy (non-hydrogen) atoms. The number of aromatic nitrogens is 2. The van der Waals surface area contributed by atoms with Gasteiger partial charge in [-0.25, -0.2) is 0 Å². The quantitative estimate of drug-likeness (QED) is 0.478. The predicted octanol–water partition coefficient (Wildman–Crippen LogP) is 1.37. The summed E-state index contributed by atoms with van der Waals surface area (Å²) >= 11 is 0. The minimum atomic E-state index is 0. The molecular weight excluding hydrogens is 329 g/mol. The highest BCUT2D eigenvalue weighted by Crippen LogP contribution is 1.93. The van der Waals surface area contributed by atoms with Gasteiger partial charge in [0.2, 0.25) is 0 Å². The molecule has 0 radical (unpaired) electrons. The fourth-order valence-electron chi connectivity index (χ4n) is 1.22. The molecule has 0 bridgehead atoms. The smallest absolute Gasteiger partial charge is 0.188 e. The topological polar surface area (TPSA) is 68.2 Å². The fraction of sp³-hybridized carbons (Fsp3) is 0.636. The van der Waals surface area contributed by atoms with E-state index in [-0.39, 0.29) is 24.0 Å². The minimum Gasteiger partial charge on any atom is -0.370 e. The lowest BCUT2D eigenvalue weighted by Crippen LogP contribution is -2.34. The van der Waals surface area contributed by atoms with Gasteiger partial charge in [0.1, 0.15) is 0 Å². The van der Waals surface area contributed by atoms with Crippen LogP contribution in [0, 0.1) is 12.8 Å². The summed E-state index contributed by atoms with van der Waals surface area (Å²) < 4.78 is 1.89. The Balaban J connectivity index is 0.00000256. The number of hydrogen-bond acceptors (Lipinski definition) is 2. The summed E-state index contributed by atoms with van der Waals surface area (Å²) in [5.41, 5.74) is 6.87. The van der Waals surface area contributed by atoms with Crippen molar-refractivity contribution in [1.82, 2.24) is 15.1 Å². The van der Waals surface area contributed by atoms with Crippen molar-refractivity contribution in [2.75, 3.05) is 13.1 Å². The monoisotopic (exact) mass is 351 g/mol. The number of nitrogens with zero attached hydrogens (tertiary/aromatic N) is 3. The van der Waals surface area contributed by atoms with Crippen molar-refractivity contribution in [2.24, 2.45) is 16.6 Å². The number of nitrogens with one attached hydrogen (secondary N) is 1. The number of halogens is 1. The molecule has 6 heteroatoms. The van der Waals surface area contributed by atoms with Crippen LogP contribution in [-0.2, 0) is 6.54 Å². The Morgan fingerprint density at radius 3 is 2.82 bits per heavy atom. The van der Waals surface area contributed by atoms with Crippen LogP contribution >= 0.6 is 24.0 Å². The molecule has 0 spiro atoms. The molecular formula is C11H22IN5. The first kappa shape index (κ1) is 16.2. The van der Waals surface area contributed by atoms with Gasteiger partial charge >= 0.3 is 0 Å². The lowest BCUT2D eigenvalue weighted by molar-refractivity contribution is 0.599. The molecule has 3 N–H and O–H groups in total. The standard InChI is InChI=1S/C11H21N5.HI/c1-9(2)6-14-11(12)13-4-5-16-8-10(3)7-15-16;/h7-9H,4-6H2,1-3H3,(H3,12,13,14);1H. The second-order valence-electron chi connectivity index (χ2n) is 4.33. The molecule has 0 aliphatic rings. The summed E-state index contributed by atoms with van der Waals surface area (Å²) in [7, 11) is 0. The third kappa shape index (κ3) is 7.19. The first-order valence-electron chi connectivity index (χ1n) is 5.60. The van der Waals surface area contributed by atoms with Crippen LogP contribution < -0.4 is 11.1 Å². The number of nitrogens with two attached hydrogens (primary N) is 1. The predicted molar refractivity (Wildman–Crippen MR) is 81.7 cm³/mol. The molecule has 0 aromatic carbocycles. The Labute approximate surface area is 120 Å². The molecule has 0 saturated heterocycles. The maximum Gasteiger partial charge on any atom is 0.188 e. The SMILES string of the molecule is Cc1cnn(CCNC(N)=NCC(C)C)c1.I. The molecule has 0 saturated carbocycles. The highest BCUT2D eigenvalue weighted by Gasteiger charge is 1.96. The van der Waals surface area contributed by atoms with E-state index in [0.29, 0.717) is 11.9 Å². The van der Waals surface area contributed by atoms with Crippen LogP contribution in [-0.4, -0.2) is 28.8 Å². The Bertz CT molecular complexity index is 345. The van der Waals surface area contributed by atoms with Crippen LogP contribution in [0.1, 0.15) is 19.4 Å². The molecule has 0 unspecified atom stereocenters. The second kappa shape index (κ2) is 8.32. The highest BCUT2D eigenvalue weighted by atomic mass is 127. The number of guanidine groups is 1. The molecule has 0 aliphatic heterocycles. The summed E-state index contributed by atoms with van der Waals surface area (Å²) in [4.78, 5) is 4.21. The third-order valence-corrected chi connectivity index (χ3v) is 2.04. The van der Waals surface area contributed by atoms with Gasteiger partial charge in [0.05, 0.1) is 12.7 Å². The van der Waals surface area contributed by atoms with Gasteiger partial charge in [0.25, 0.3) is 0 Å². The number of hydrogen-bond donors (Lipinski definition) is 2. The van der Waals surface area contributed by atoms with E-state index >= 15 is 0 Å². The van der Waals surface area contributed by atoms with E-state index in [4.69, 9.17) is 5.73 Å². The van der Waals surface area contributed by atoms with Crippen molar-refractivity contribution in [3.63, 3.8) is 0 Å². The first-order valence-corrected chi connectivity index (χ1v) is 5.60. The van der Waals surface area contributed by atoms with Gasteiger partial charge in [0.15, 0.2) is 5.96 Å². The van der Waals surface area contributed by atoms with Gasteiger partial charge in [-0.2, -0.15) is 5.10 Å². The van der Waals surface area contributed by atoms with Crippen LogP contribution in [0.5, 0.6) is 0 Å². The summed E-state index contributed by atoms with van der Waals surface area (Å²) in [5, 5.41) is 7.25. The maximum absolute atomic E-state index is 5.70. The van der Waals surface area contributed by atoms with Gasteiger partial charge < -0.3 is 11.1 Å². The van der Waals surface area contributed by atoms with E-state index < -0.39 is 0 Å². The van der Waals surface area contributed by atoms with Crippen molar-refractivity contribution in [2.45, 2.75) is 27.3 Å². The van der Waals surface area contributed by atoms with Crippen molar-refractivity contribution >= 4 is 29.9 Å². The lowest BCUT2D eigenvalue weighted by atomic mass is 10.2. The minimum absolute atomic E-state index is 0. The zero-order valence-corrected chi connectivity index (χ0v) is 13.0. The Morgan fingerprint density at radius 1 is 1.59 bits per heavy atom. The Hall–Kier alpha value is -0.790. The van der Waals surface area contributed by atoms with Crippen LogP contribution in [0.2, 0.25) is 0 Å². The lowest BCUT2D eigenvalue weighted by Gasteiger charge is -2.06. The van der Waals surface area contributed by atoms with Crippen LogP contribution in [0.3, 0.4) is 0 Å². The van der Waals surface area contributed by atoms with Crippen LogP contribution in [0.15, 0.2) is 17.4 Å². The van der Waals surface area contributed by atoms with Gasteiger partial charge in [-0.1, -0.05) is 13.8 Å². The van der Waals surface area contributed by atoms with Crippen LogP contribution in [0.25, 0.3) is 0 Å². The molecule has 0 amide bonds. The summed E-state index contributed by atoms with van der Waals surface area (Å²) in [6.45, 7) is 8.56. The van der Waals surface area contributed by atoms with Crippen molar-refractivity contribution < 1.29 is 0 Å². The maximum atomic E-state index is 5.70. The average Bonchev–Trinajstić information content (AvgIpc) is 2.61. The molecule has 1 rings (SSSR count). The third-order valence-electron chi connectivity index (χ3n) is 2.04. The van der Waals surface area contributed by atoms with E-state index in [0.717, 1.165) is 19.6 Å². The normalized spacial score (nSPS) is 11.4. The summed E-state index contributed by atoms with van der Waals surface area (Å²) in [6.07, 6.45) is 3.85. The Morgan fingerprint density at radius 2 is 2.29 bits per heavy atom. The van der Waals surface area contributed by atoms with Gasteiger partial charge in [-0.05, 0) is 18.4 Å². The molecule has 1 aromatic heterocycles. The molecule has 0 atom stereocenters. The average molecular weight is 351 g/mol. The fourth-order valence-corrected chi connectivity index (χ4v) is 1.22. The van der Waals surface area contributed by atoms with Gasteiger partial charge in [0, 0.05) is 19.3 Å². The van der Waals surface area contributed by atoms with Crippen molar-refractivity contribution in [3.8, 4) is 0 Å². The molecule has 1 aromatic rings. The van der Waals surface area contributed by atoms with Gasteiger partial charge in [-0.15, -0.1) is 24.0 Å². The largest absolute Gasteiger partial charge is 0.370 e. The van der Waals surface area contributed by atoms with Crippen molar-refractivity contribution in [1.29, 1.82) is 0 Å². The van der Waals surface area contributed by atoms with E-state index in [1.54, 1.807) is 0 Å². The van der Waals surface area contributed by atoms with Crippen LogP contribution in [0.4, 0.5) is 0 Å². The number of rotatable bonds is 5. The van der Waals surface area contributed by atoms with E-state index in [1.165, 1.54) is 5.56 Å². The summed E-state index contributed by atoms with van der Waals surface area (Å²) in [6, 6.07) is 0. The molecule has 5 nitrogen and oxygen atoms in total. The zero-order valence-electron chi connectivity index (χ0n) is 10.7. The van der Waals surface area contributed by atoms with E-state index in [2.05, 4.69) is 29.3 Å². The van der Waals surface area contributed by atoms with E-state index in [9.17, 15) is 0 Å². The second-order valence-corrected chi connectivity index (χ2v) is 4.33. The molecule has 1 heterocycles. The zero-order chi connectivity index (χ0) is 12.0. The number of aliphatic imine (C=N–C) groups is 1. The number of aryl methyl sites for hydroxylation is 1. The summed E-state index contributed by atoms with van der Waals surface area (Å²) in [5.74, 6) is 1.05.